The summed E-state index contributed by atoms with van der Waals surface area (Å²) in [5.74, 6) is -1.02. The van der Waals surface area contributed by atoms with E-state index in [4.69, 9.17) is 5.11 Å². The van der Waals surface area contributed by atoms with Gasteiger partial charge in [0.05, 0.1) is 0 Å². The van der Waals surface area contributed by atoms with Crippen LogP contribution in [0.3, 0.4) is 0 Å². The van der Waals surface area contributed by atoms with Crippen molar-refractivity contribution < 1.29 is 19.5 Å². The SMILES string of the molecule is CC(CNC(=O)NCCNC(=O)N(C)C)CC(=O)O. The average Bonchev–Trinajstić information content (AvgIpc) is 2.30. The third kappa shape index (κ3) is 9.69. The Morgan fingerprint density at radius 3 is 2.21 bits per heavy atom. The van der Waals surface area contributed by atoms with Gasteiger partial charge in [-0.15, -0.1) is 0 Å². The molecule has 0 aliphatic rings. The minimum absolute atomic E-state index is 0.0131. The molecule has 0 rings (SSSR count). The standard InChI is InChI=1S/C11H22N4O4/c1-8(6-9(16)17)7-14-10(18)12-4-5-13-11(19)15(2)3/h8H,4-7H2,1-3H3,(H,13,19)(H,16,17)(H2,12,14,18). The number of rotatable bonds is 7. The maximum Gasteiger partial charge on any atom is 0.316 e. The van der Waals surface area contributed by atoms with Crippen molar-refractivity contribution in [3.8, 4) is 0 Å². The van der Waals surface area contributed by atoms with Crippen LogP contribution in [0.25, 0.3) is 0 Å². The number of nitrogens with zero attached hydrogens (tertiary/aromatic N) is 1. The molecule has 0 saturated carbocycles. The van der Waals surface area contributed by atoms with Gasteiger partial charge in [-0.05, 0) is 5.92 Å². The average molecular weight is 274 g/mol. The van der Waals surface area contributed by atoms with Crippen LogP contribution in [0, 0.1) is 5.92 Å². The van der Waals surface area contributed by atoms with Crippen molar-refractivity contribution in [3.63, 3.8) is 0 Å². The summed E-state index contributed by atoms with van der Waals surface area (Å²) in [4.78, 5) is 34.3. The molecule has 19 heavy (non-hydrogen) atoms. The molecule has 4 N–H and O–H groups in total. The summed E-state index contributed by atoms with van der Waals surface area (Å²) in [5.41, 5.74) is 0. The van der Waals surface area contributed by atoms with Crippen molar-refractivity contribution in [1.29, 1.82) is 0 Å². The molecule has 0 bridgehead atoms. The zero-order valence-electron chi connectivity index (χ0n) is 11.5. The fourth-order valence-corrected chi connectivity index (χ4v) is 1.20. The smallest absolute Gasteiger partial charge is 0.316 e. The Bertz CT molecular complexity index is 320. The fourth-order valence-electron chi connectivity index (χ4n) is 1.20. The van der Waals surface area contributed by atoms with Crippen LogP contribution in [-0.2, 0) is 4.79 Å². The number of hydrogen-bond acceptors (Lipinski definition) is 3. The summed E-state index contributed by atoms with van der Waals surface area (Å²) in [5, 5.41) is 16.3. The minimum atomic E-state index is -0.888. The Morgan fingerprint density at radius 2 is 1.68 bits per heavy atom. The third-order valence-electron chi connectivity index (χ3n) is 2.23. The molecule has 0 aromatic rings. The summed E-state index contributed by atoms with van der Waals surface area (Å²) in [6, 6.07) is -0.603. The van der Waals surface area contributed by atoms with Crippen molar-refractivity contribution in [2.75, 3.05) is 33.7 Å². The third-order valence-corrected chi connectivity index (χ3v) is 2.23. The van der Waals surface area contributed by atoms with Gasteiger partial charge >= 0.3 is 18.0 Å². The molecule has 1 unspecified atom stereocenters. The highest BCUT2D eigenvalue weighted by Gasteiger charge is 2.09. The van der Waals surface area contributed by atoms with Gasteiger partial charge in [0.2, 0.25) is 0 Å². The van der Waals surface area contributed by atoms with Gasteiger partial charge in [0.25, 0.3) is 0 Å². The van der Waals surface area contributed by atoms with E-state index in [0.29, 0.717) is 19.6 Å². The topological polar surface area (TPSA) is 111 Å². The molecule has 0 radical (unpaired) electrons. The molecule has 0 aliphatic carbocycles. The lowest BCUT2D eigenvalue weighted by Crippen LogP contribution is -2.43. The van der Waals surface area contributed by atoms with Gasteiger partial charge in [-0.2, -0.15) is 0 Å². The predicted molar refractivity (Wildman–Crippen MR) is 69.9 cm³/mol. The summed E-state index contributed by atoms with van der Waals surface area (Å²) in [6.07, 6.45) is 0.0131. The van der Waals surface area contributed by atoms with E-state index in [1.54, 1.807) is 21.0 Å². The summed E-state index contributed by atoms with van der Waals surface area (Å²) in [7, 11) is 3.25. The number of carboxylic acid groups (broad SMARTS) is 1. The fraction of sp³-hybridized carbons (Fsp3) is 0.727. The van der Waals surface area contributed by atoms with E-state index >= 15 is 0 Å². The van der Waals surface area contributed by atoms with Crippen LogP contribution >= 0.6 is 0 Å². The maximum atomic E-state index is 11.3. The van der Waals surface area contributed by atoms with E-state index < -0.39 is 5.97 Å². The first kappa shape index (κ1) is 17.0. The van der Waals surface area contributed by atoms with Gasteiger partial charge in [-0.3, -0.25) is 4.79 Å². The zero-order valence-corrected chi connectivity index (χ0v) is 11.5. The van der Waals surface area contributed by atoms with Crippen LogP contribution in [-0.4, -0.2) is 61.8 Å². The Hall–Kier alpha value is -1.99. The Kier molecular flexibility index (Phi) is 8.07. The first-order valence-corrected chi connectivity index (χ1v) is 6.01. The van der Waals surface area contributed by atoms with E-state index in [2.05, 4.69) is 16.0 Å². The molecule has 0 saturated heterocycles. The highest BCUT2D eigenvalue weighted by Crippen LogP contribution is 1.98. The lowest BCUT2D eigenvalue weighted by molar-refractivity contribution is -0.137. The largest absolute Gasteiger partial charge is 0.481 e. The van der Waals surface area contributed by atoms with E-state index in [-0.39, 0.29) is 24.4 Å². The van der Waals surface area contributed by atoms with Gasteiger partial charge in [0.15, 0.2) is 0 Å². The van der Waals surface area contributed by atoms with Crippen LogP contribution in [0.2, 0.25) is 0 Å². The number of urea groups is 2. The lowest BCUT2D eigenvalue weighted by atomic mass is 10.1. The Labute approximate surface area is 112 Å². The molecule has 0 aromatic heterocycles. The molecule has 1 atom stereocenters. The first-order valence-electron chi connectivity index (χ1n) is 6.01. The van der Waals surface area contributed by atoms with Crippen molar-refractivity contribution in [2.45, 2.75) is 13.3 Å². The van der Waals surface area contributed by atoms with Crippen LogP contribution in [0.15, 0.2) is 0 Å². The molecular weight excluding hydrogens is 252 g/mol. The number of nitrogens with one attached hydrogen (secondary N) is 3. The number of carboxylic acids is 1. The second kappa shape index (κ2) is 9.01. The molecule has 0 fully saturated rings. The molecule has 4 amide bonds. The molecule has 0 aromatic carbocycles. The van der Waals surface area contributed by atoms with Gasteiger partial charge < -0.3 is 26.0 Å². The Morgan fingerprint density at radius 1 is 1.11 bits per heavy atom. The predicted octanol–water partition coefficient (Wildman–Crippen LogP) is -0.332. The number of carbonyl (C=O) groups is 3. The number of aliphatic carboxylic acids is 1. The van der Waals surface area contributed by atoms with Crippen LogP contribution in [0.1, 0.15) is 13.3 Å². The summed E-state index contributed by atoms with van der Waals surface area (Å²) < 4.78 is 0. The first-order chi connectivity index (χ1) is 8.82. The van der Waals surface area contributed by atoms with Crippen LogP contribution in [0.4, 0.5) is 9.59 Å². The summed E-state index contributed by atoms with van der Waals surface area (Å²) >= 11 is 0. The van der Waals surface area contributed by atoms with Crippen molar-refractivity contribution in [3.05, 3.63) is 0 Å². The lowest BCUT2D eigenvalue weighted by Gasteiger charge is -2.13. The van der Waals surface area contributed by atoms with E-state index in [9.17, 15) is 14.4 Å². The van der Waals surface area contributed by atoms with Gasteiger partial charge in [-0.1, -0.05) is 6.92 Å². The number of amides is 4. The maximum absolute atomic E-state index is 11.3. The van der Waals surface area contributed by atoms with Gasteiger partial charge in [0, 0.05) is 40.2 Å². The van der Waals surface area contributed by atoms with E-state index in [1.807, 2.05) is 0 Å². The van der Waals surface area contributed by atoms with Gasteiger partial charge in [-0.25, -0.2) is 9.59 Å². The normalized spacial score (nSPS) is 11.3. The number of carbonyl (C=O) groups excluding carboxylic acids is 2. The molecule has 8 nitrogen and oxygen atoms in total. The molecular formula is C11H22N4O4. The van der Waals surface area contributed by atoms with E-state index in [1.165, 1.54) is 4.90 Å². The highest BCUT2D eigenvalue weighted by atomic mass is 16.4. The van der Waals surface area contributed by atoms with Crippen LogP contribution < -0.4 is 16.0 Å². The second-order valence-electron chi connectivity index (χ2n) is 4.47. The zero-order chi connectivity index (χ0) is 14.8. The van der Waals surface area contributed by atoms with E-state index in [0.717, 1.165) is 0 Å². The molecule has 8 heteroatoms. The van der Waals surface area contributed by atoms with Crippen molar-refractivity contribution in [2.24, 2.45) is 5.92 Å². The molecule has 110 valence electrons. The quantitative estimate of drug-likeness (QED) is 0.476. The minimum Gasteiger partial charge on any atom is -0.481 e. The monoisotopic (exact) mass is 274 g/mol. The highest BCUT2D eigenvalue weighted by molar-refractivity contribution is 5.75. The van der Waals surface area contributed by atoms with Crippen molar-refractivity contribution >= 4 is 18.0 Å². The summed E-state index contributed by atoms with van der Waals surface area (Å²) in [6.45, 7) is 2.67. The molecule has 0 aliphatic heterocycles. The van der Waals surface area contributed by atoms with Gasteiger partial charge in [0.1, 0.15) is 0 Å². The Balaban J connectivity index is 3.60. The number of hydrogen-bond donors (Lipinski definition) is 4. The second-order valence-corrected chi connectivity index (χ2v) is 4.47. The van der Waals surface area contributed by atoms with Crippen LogP contribution in [0.5, 0.6) is 0 Å². The molecule has 0 heterocycles. The van der Waals surface area contributed by atoms with Crippen molar-refractivity contribution in [1.82, 2.24) is 20.9 Å². The molecule has 0 spiro atoms.